The largest absolute Gasteiger partial charge is 0.392 e. The second kappa shape index (κ2) is 14.6. The van der Waals surface area contributed by atoms with Gasteiger partial charge in [-0.25, -0.2) is 0 Å². The summed E-state index contributed by atoms with van der Waals surface area (Å²) in [5, 5.41) is 9.62. The van der Waals surface area contributed by atoms with Crippen LogP contribution in [0.5, 0.6) is 0 Å². The van der Waals surface area contributed by atoms with Gasteiger partial charge in [0, 0.05) is 31.1 Å². The zero-order valence-corrected chi connectivity index (χ0v) is 28.5. The Morgan fingerprint density at radius 3 is 2.04 bits per heavy atom. The molecule has 3 fully saturated rings. The van der Waals surface area contributed by atoms with Crippen molar-refractivity contribution < 1.29 is 24.2 Å². The summed E-state index contributed by atoms with van der Waals surface area (Å²) in [6, 6.07) is 31.9. The van der Waals surface area contributed by atoms with Gasteiger partial charge < -0.3 is 19.5 Å². The normalized spacial score (nSPS) is 24.3. The maximum Gasteiger partial charge on any atom is 0.261 e. The zero-order valence-electron chi connectivity index (χ0n) is 28.5. The van der Waals surface area contributed by atoms with E-state index in [9.17, 15) is 14.7 Å². The van der Waals surface area contributed by atoms with Crippen LogP contribution in [0.1, 0.15) is 87.5 Å². The van der Waals surface area contributed by atoms with Crippen molar-refractivity contribution in [3.63, 3.8) is 0 Å². The molecule has 4 aromatic carbocycles. The van der Waals surface area contributed by atoms with Crippen LogP contribution in [0.3, 0.4) is 0 Å². The lowest BCUT2D eigenvalue weighted by atomic mass is 9.97. The molecular weight excluding hydrogens is 626 g/mol. The van der Waals surface area contributed by atoms with E-state index in [0.717, 1.165) is 59.4 Å². The van der Waals surface area contributed by atoms with Crippen molar-refractivity contribution in [1.82, 2.24) is 14.7 Å². The summed E-state index contributed by atoms with van der Waals surface area (Å²) >= 11 is 0. The van der Waals surface area contributed by atoms with Crippen LogP contribution in [0, 0.1) is 0 Å². The van der Waals surface area contributed by atoms with Gasteiger partial charge in [-0.2, -0.15) is 0 Å². The number of amides is 2. The Morgan fingerprint density at radius 2 is 1.34 bits per heavy atom. The summed E-state index contributed by atoms with van der Waals surface area (Å²) in [5.74, 6) is -0.512. The van der Waals surface area contributed by atoms with Crippen LogP contribution in [-0.2, 0) is 22.6 Å². The number of carbonyl (C=O) groups is 2. The van der Waals surface area contributed by atoms with Gasteiger partial charge in [-0.1, -0.05) is 84.9 Å². The number of hydrogen-bond donors (Lipinski definition) is 1. The lowest BCUT2D eigenvalue weighted by Crippen LogP contribution is -2.45. The van der Waals surface area contributed by atoms with E-state index < -0.39 is 6.29 Å². The van der Waals surface area contributed by atoms with Crippen molar-refractivity contribution in [2.75, 3.05) is 32.7 Å². The number of carbonyl (C=O) groups excluding carboxylic acids is 2. The third kappa shape index (κ3) is 6.78. The molecule has 4 atom stereocenters. The first-order valence-electron chi connectivity index (χ1n) is 18.1. The minimum absolute atomic E-state index is 0.00973. The first-order chi connectivity index (χ1) is 24.5. The number of hydrogen-bond acceptors (Lipinski definition) is 7. The number of rotatable bonds is 10. The van der Waals surface area contributed by atoms with Crippen molar-refractivity contribution in [3.8, 4) is 11.1 Å². The molecule has 4 unspecified atom stereocenters. The van der Waals surface area contributed by atoms with E-state index in [1.54, 1.807) is 24.3 Å². The third-order valence-electron chi connectivity index (χ3n) is 10.9. The van der Waals surface area contributed by atoms with E-state index in [1.807, 2.05) is 36.4 Å². The average Bonchev–Trinajstić information content (AvgIpc) is 3.90. The Labute approximate surface area is 294 Å². The van der Waals surface area contributed by atoms with Gasteiger partial charge >= 0.3 is 0 Å². The number of aliphatic hydroxyl groups excluding tert-OH is 1. The maximum absolute atomic E-state index is 13.1. The number of ether oxygens (including phenoxy) is 2. The summed E-state index contributed by atoms with van der Waals surface area (Å²) in [6.07, 6.45) is 5.21. The number of aliphatic hydroxyl groups is 1. The molecule has 2 amide bonds. The summed E-state index contributed by atoms with van der Waals surface area (Å²) in [4.78, 5) is 32.9. The number of imide groups is 1. The van der Waals surface area contributed by atoms with Gasteiger partial charge in [0.2, 0.25) is 0 Å². The van der Waals surface area contributed by atoms with E-state index in [4.69, 9.17) is 9.47 Å². The molecule has 8 rings (SSSR count). The molecule has 4 aliphatic rings. The van der Waals surface area contributed by atoms with Crippen LogP contribution in [0.25, 0.3) is 11.1 Å². The predicted molar refractivity (Wildman–Crippen MR) is 191 cm³/mol. The Balaban J connectivity index is 1.01. The molecule has 1 N–H and O–H groups in total. The third-order valence-corrected chi connectivity index (χ3v) is 10.9. The smallest absolute Gasteiger partial charge is 0.261 e. The molecule has 4 aliphatic heterocycles. The standard InChI is InChI=1S/C42H45N3O5/c46-28-29-13-15-31(16-14-29)39-24-35(27-44-23-7-9-34(44)26-43-21-5-6-22-43)49-42(50-39)32-19-17-30(18-20-32)36-10-2-1-8-33(36)25-45-40(47)37-11-3-4-12-38(37)41(45)48/h1-4,8,10-20,34-35,39,42,46H,5-7,9,21-28H2. The van der Waals surface area contributed by atoms with Gasteiger partial charge in [0.05, 0.1) is 36.5 Å². The molecule has 4 heterocycles. The van der Waals surface area contributed by atoms with Crippen LogP contribution in [0.4, 0.5) is 0 Å². The average molecular weight is 672 g/mol. The first-order valence-corrected chi connectivity index (χ1v) is 18.1. The van der Waals surface area contributed by atoms with Crippen molar-refractivity contribution in [1.29, 1.82) is 0 Å². The molecule has 0 saturated carbocycles. The molecule has 50 heavy (non-hydrogen) atoms. The van der Waals surface area contributed by atoms with Crippen LogP contribution in [0.2, 0.25) is 0 Å². The zero-order chi connectivity index (χ0) is 34.0. The Hall–Kier alpha value is -4.18. The van der Waals surface area contributed by atoms with Crippen LogP contribution >= 0.6 is 0 Å². The number of likely N-dealkylation sites (tertiary alicyclic amines) is 2. The van der Waals surface area contributed by atoms with E-state index in [2.05, 4.69) is 46.2 Å². The highest BCUT2D eigenvalue weighted by Gasteiger charge is 2.37. The fraction of sp³-hybridized carbons (Fsp3) is 0.381. The molecule has 0 spiro atoms. The van der Waals surface area contributed by atoms with Crippen molar-refractivity contribution in [2.45, 2.75) is 69.8 Å². The highest BCUT2D eigenvalue weighted by molar-refractivity contribution is 6.21. The molecule has 0 bridgehead atoms. The van der Waals surface area contributed by atoms with Gasteiger partial charge in [-0.15, -0.1) is 0 Å². The van der Waals surface area contributed by atoms with Gasteiger partial charge in [0.25, 0.3) is 11.8 Å². The fourth-order valence-electron chi connectivity index (χ4n) is 8.21. The molecule has 4 aromatic rings. The molecule has 3 saturated heterocycles. The Morgan fingerprint density at radius 1 is 0.680 bits per heavy atom. The van der Waals surface area contributed by atoms with Gasteiger partial charge in [0.15, 0.2) is 6.29 Å². The van der Waals surface area contributed by atoms with Crippen LogP contribution < -0.4 is 0 Å². The monoisotopic (exact) mass is 671 g/mol. The number of nitrogens with zero attached hydrogens (tertiary/aromatic N) is 3. The van der Waals surface area contributed by atoms with E-state index in [0.29, 0.717) is 17.2 Å². The topological polar surface area (TPSA) is 82.6 Å². The molecule has 0 aliphatic carbocycles. The Kier molecular flexibility index (Phi) is 9.62. The van der Waals surface area contributed by atoms with Crippen LogP contribution in [-0.4, -0.2) is 76.5 Å². The predicted octanol–water partition coefficient (Wildman–Crippen LogP) is 6.75. The lowest BCUT2D eigenvalue weighted by Gasteiger charge is -2.39. The quantitative estimate of drug-likeness (QED) is 0.187. The van der Waals surface area contributed by atoms with Crippen molar-refractivity contribution in [2.24, 2.45) is 0 Å². The van der Waals surface area contributed by atoms with Crippen molar-refractivity contribution in [3.05, 3.63) is 130 Å². The molecule has 258 valence electrons. The van der Waals surface area contributed by atoms with E-state index >= 15 is 0 Å². The van der Waals surface area contributed by atoms with E-state index in [1.165, 1.54) is 43.7 Å². The van der Waals surface area contributed by atoms with Gasteiger partial charge in [0.1, 0.15) is 0 Å². The summed E-state index contributed by atoms with van der Waals surface area (Å²) in [6.45, 7) is 5.79. The highest BCUT2D eigenvalue weighted by atomic mass is 16.7. The second-order valence-corrected chi connectivity index (χ2v) is 14.2. The molecular formula is C42H45N3O5. The lowest BCUT2D eigenvalue weighted by molar-refractivity contribution is -0.253. The first kappa shape index (κ1) is 33.0. The fourth-order valence-corrected chi connectivity index (χ4v) is 8.21. The van der Waals surface area contributed by atoms with E-state index in [-0.39, 0.29) is 37.2 Å². The van der Waals surface area contributed by atoms with Gasteiger partial charge in [-0.05, 0) is 85.3 Å². The summed E-state index contributed by atoms with van der Waals surface area (Å²) in [5.41, 5.74) is 6.71. The number of fused-ring (bicyclic) bond motifs is 1. The van der Waals surface area contributed by atoms with Gasteiger partial charge in [-0.3, -0.25) is 19.4 Å². The minimum Gasteiger partial charge on any atom is -0.392 e. The van der Waals surface area contributed by atoms with Crippen molar-refractivity contribution >= 4 is 11.8 Å². The Bertz CT molecular complexity index is 1790. The molecule has 8 nitrogen and oxygen atoms in total. The van der Waals surface area contributed by atoms with Crippen LogP contribution in [0.15, 0.2) is 97.1 Å². The second-order valence-electron chi connectivity index (χ2n) is 14.2. The SMILES string of the molecule is O=C1c2ccccc2C(=O)N1Cc1ccccc1-c1ccc(C2OC(CN3CCCC3CN3CCCC3)CC(c3ccc(CO)cc3)O2)cc1. The maximum atomic E-state index is 13.1. The number of benzene rings is 4. The summed E-state index contributed by atoms with van der Waals surface area (Å²) < 4.78 is 13.4. The molecule has 0 radical (unpaired) electrons. The molecule has 0 aromatic heterocycles. The molecule has 8 heteroatoms. The summed E-state index contributed by atoms with van der Waals surface area (Å²) in [7, 11) is 0. The highest BCUT2D eigenvalue weighted by Crippen LogP contribution is 2.40. The minimum atomic E-state index is -0.529.